The summed E-state index contributed by atoms with van der Waals surface area (Å²) in [6, 6.07) is 4.30. The summed E-state index contributed by atoms with van der Waals surface area (Å²) in [6.07, 6.45) is 2.15. The van der Waals surface area contributed by atoms with E-state index < -0.39 is 10.0 Å². The molecule has 0 bridgehead atoms. The van der Waals surface area contributed by atoms with E-state index in [1.54, 1.807) is 25.1 Å². The van der Waals surface area contributed by atoms with Crippen molar-refractivity contribution < 1.29 is 32.2 Å². The SMILES string of the molecule is CO[C@@H]1CN(C)C(=O)c2ccc(NS(C)(=O)=O)cc2OC[C@H](C)N(C(=O)C2CCOCC2)C[C@H]1C. The maximum atomic E-state index is 13.5. The van der Waals surface area contributed by atoms with Crippen LogP contribution in [0, 0.1) is 11.8 Å². The van der Waals surface area contributed by atoms with Gasteiger partial charge in [0.25, 0.3) is 5.91 Å². The number of sulfonamides is 1. The van der Waals surface area contributed by atoms with Gasteiger partial charge in [-0.3, -0.25) is 14.3 Å². The molecule has 11 heteroatoms. The third-order valence-electron chi connectivity index (χ3n) is 6.60. The van der Waals surface area contributed by atoms with Crippen molar-refractivity contribution in [2.75, 3.05) is 58.0 Å². The first-order valence-corrected chi connectivity index (χ1v) is 13.8. The molecule has 3 atom stereocenters. The quantitative estimate of drug-likeness (QED) is 0.656. The lowest BCUT2D eigenvalue weighted by Gasteiger charge is -2.38. The first-order chi connectivity index (χ1) is 16.5. The number of hydrogen-bond donors (Lipinski definition) is 1. The van der Waals surface area contributed by atoms with Crippen LogP contribution in [0.25, 0.3) is 0 Å². The molecule has 196 valence electrons. The summed E-state index contributed by atoms with van der Waals surface area (Å²) in [4.78, 5) is 30.2. The lowest BCUT2D eigenvalue weighted by molar-refractivity contribution is -0.142. The van der Waals surface area contributed by atoms with Gasteiger partial charge in [-0.25, -0.2) is 8.42 Å². The fraction of sp³-hybridized carbons (Fsp3) is 0.667. The largest absolute Gasteiger partial charge is 0.491 e. The molecule has 2 amide bonds. The van der Waals surface area contributed by atoms with Crippen LogP contribution in [-0.4, -0.2) is 95.5 Å². The van der Waals surface area contributed by atoms with Gasteiger partial charge in [0.05, 0.1) is 29.7 Å². The van der Waals surface area contributed by atoms with E-state index in [4.69, 9.17) is 14.2 Å². The zero-order chi connectivity index (χ0) is 25.8. The molecule has 1 N–H and O–H groups in total. The van der Waals surface area contributed by atoms with Gasteiger partial charge in [0.15, 0.2) is 0 Å². The topological polar surface area (TPSA) is 114 Å². The highest BCUT2D eigenvalue weighted by Gasteiger charge is 2.33. The predicted octanol–water partition coefficient (Wildman–Crippen LogP) is 1.82. The third-order valence-corrected chi connectivity index (χ3v) is 7.21. The molecule has 1 aromatic rings. The molecule has 1 aromatic carbocycles. The first kappa shape index (κ1) is 27.2. The zero-order valence-electron chi connectivity index (χ0n) is 21.2. The van der Waals surface area contributed by atoms with Gasteiger partial charge in [0.2, 0.25) is 15.9 Å². The van der Waals surface area contributed by atoms with Crippen molar-refractivity contribution in [3.8, 4) is 5.75 Å². The lowest BCUT2D eigenvalue weighted by Crippen LogP contribution is -2.50. The van der Waals surface area contributed by atoms with Gasteiger partial charge < -0.3 is 24.0 Å². The molecule has 10 nitrogen and oxygen atoms in total. The van der Waals surface area contributed by atoms with E-state index in [0.29, 0.717) is 50.4 Å². The number of benzene rings is 1. The van der Waals surface area contributed by atoms with Crippen LogP contribution >= 0.6 is 0 Å². The van der Waals surface area contributed by atoms with E-state index >= 15 is 0 Å². The number of amides is 2. The van der Waals surface area contributed by atoms with E-state index in [1.807, 2.05) is 18.7 Å². The summed E-state index contributed by atoms with van der Waals surface area (Å²) < 4.78 is 43.1. The highest BCUT2D eigenvalue weighted by atomic mass is 32.2. The number of hydrogen-bond acceptors (Lipinski definition) is 7. The summed E-state index contributed by atoms with van der Waals surface area (Å²) in [7, 11) is -0.211. The molecule has 0 radical (unpaired) electrons. The predicted molar refractivity (Wildman–Crippen MR) is 132 cm³/mol. The first-order valence-electron chi connectivity index (χ1n) is 11.9. The third kappa shape index (κ3) is 7.08. The van der Waals surface area contributed by atoms with Crippen LogP contribution in [0.2, 0.25) is 0 Å². The molecule has 35 heavy (non-hydrogen) atoms. The Labute approximate surface area is 207 Å². The second kappa shape index (κ2) is 11.6. The molecule has 3 rings (SSSR count). The summed E-state index contributed by atoms with van der Waals surface area (Å²) >= 11 is 0. The van der Waals surface area contributed by atoms with Crippen LogP contribution < -0.4 is 9.46 Å². The van der Waals surface area contributed by atoms with Crippen LogP contribution in [0.5, 0.6) is 5.75 Å². The number of carbonyl (C=O) groups is 2. The Morgan fingerprint density at radius 3 is 2.49 bits per heavy atom. The molecular formula is C24H37N3O7S. The minimum Gasteiger partial charge on any atom is -0.491 e. The molecule has 1 fully saturated rings. The van der Waals surface area contributed by atoms with Gasteiger partial charge in [0.1, 0.15) is 12.4 Å². The molecule has 2 heterocycles. The van der Waals surface area contributed by atoms with Crippen molar-refractivity contribution in [1.29, 1.82) is 0 Å². The number of likely N-dealkylation sites (N-methyl/N-ethyl adjacent to an activating group) is 1. The van der Waals surface area contributed by atoms with E-state index in [0.717, 1.165) is 6.26 Å². The van der Waals surface area contributed by atoms with E-state index in [-0.39, 0.29) is 48.2 Å². The second-order valence-corrected chi connectivity index (χ2v) is 11.3. The number of carbonyl (C=O) groups excluding carboxylic acids is 2. The van der Waals surface area contributed by atoms with Crippen LogP contribution in [0.4, 0.5) is 5.69 Å². The zero-order valence-corrected chi connectivity index (χ0v) is 22.0. The number of anilines is 1. The highest BCUT2D eigenvalue weighted by molar-refractivity contribution is 7.92. The maximum absolute atomic E-state index is 13.5. The minimum absolute atomic E-state index is 0.0262. The Balaban J connectivity index is 1.96. The van der Waals surface area contributed by atoms with Crippen molar-refractivity contribution in [1.82, 2.24) is 9.80 Å². The van der Waals surface area contributed by atoms with Gasteiger partial charge in [0, 0.05) is 58.4 Å². The molecule has 0 unspecified atom stereocenters. The Morgan fingerprint density at radius 1 is 1.17 bits per heavy atom. The molecule has 1 saturated heterocycles. The molecule has 0 spiro atoms. The van der Waals surface area contributed by atoms with Crippen molar-refractivity contribution >= 4 is 27.5 Å². The molecular weight excluding hydrogens is 474 g/mol. The van der Waals surface area contributed by atoms with Gasteiger partial charge in [-0.05, 0) is 31.9 Å². The summed E-state index contributed by atoms with van der Waals surface area (Å²) in [5.41, 5.74) is 0.601. The Morgan fingerprint density at radius 2 is 1.86 bits per heavy atom. The number of methoxy groups -OCH3 is 1. The molecule has 0 aromatic heterocycles. The molecule has 2 aliphatic heterocycles. The monoisotopic (exact) mass is 511 g/mol. The van der Waals surface area contributed by atoms with Crippen molar-refractivity contribution in [3.63, 3.8) is 0 Å². The number of rotatable bonds is 4. The van der Waals surface area contributed by atoms with Gasteiger partial charge in [-0.2, -0.15) is 0 Å². The van der Waals surface area contributed by atoms with Crippen LogP contribution in [0.1, 0.15) is 37.0 Å². The summed E-state index contributed by atoms with van der Waals surface area (Å²) in [5.74, 6) is -0.0663. The van der Waals surface area contributed by atoms with Gasteiger partial charge in [-0.1, -0.05) is 6.92 Å². The fourth-order valence-electron chi connectivity index (χ4n) is 4.54. The summed E-state index contributed by atoms with van der Waals surface area (Å²) in [6.45, 7) is 6.02. The Kier molecular flexibility index (Phi) is 9.00. The number of nitrogens with zero attached hydrogens (tertiary/aromatic N) is 2. The Hall–Kier alpha value is -2.37. The highest BCUT2D eigenvalue weighted by Crippen LogP contribution is 2.28. The molecule has 0 saturated carbocycles. The van der Waals surface area contributed by atoms with Crippen molar-refractivity contribution in [2.24, 2.45) is 11.8 Å². The van der Waals surface area contributed by atoms with Gasteiger partial charge in [-0.15, -0.1) is 0 Å². The number of fused-ring (bicyclic) bond motifs is 1. The fourth-order valence-corrected chi connectivity index (χ4v) is 5.09. The normalized spacial score (nSPS) is 25.2. The average molecular weight is 512 g/mol. The van der Waals surface area contributed by atoms with Crippen molar-refractivity contribution in [3.05, 3.63) is 23.8 Å². The van der Waals surface area contributed by atoms with E-state index in [1.165, 1.54) is 12.1 Å². The lowest BCUT2D eigenvalue weighted by atomic mass is 9.95. The Bertz CT molecular complexity index is 1010. The average Bonchev–Trinajstić information content (AvgIpc) is 2.82. The molecule has 0 aliphatic carbocycles. The maximum Gasteiger partial charge on any atom is 0.257 e. The second-order valence-electron chi connectivity index (χ2n) is 9.56. The molecule has 2 aliphatic rings. The van der Waals surface area contributed by atoms with E-state index in [9.17, 15) is 18.0 Å². The standard InChI is InChI=1S/C24H37N3O7S/c1-16-13-27(23(28)18-8-10-33-11-9-18)17(2)15-34-21-12-19(25-35(5,30)31)6-7-20(21)24(29)26(3)14-22(16)32-4/h6-7,12,16-18,22,25H,8-11,13-15H2,1-5H3/t16-,17+,22-/m1/s1. The summed E-state index contributed by atoms with van der Waals surface area (Å²) in [5, 5.41) is 0. The minimum atomic E-state index is -3.51. The number of ether oxygens (including phenoxy) is 3. The number of nitrogens with one attached hydrogen (secondary N) is 1. The van der Waals surface area contributed by atoms with Crippen LogP contribution in [0.3, 0.4) is 0 Å². The van der Waals surface area contributed by atoms with Gasteiger partial charge >= 0.3 is 0 Å². The van der Waals surface area contributed by atoms with Crippen LogP contribution in [0.15, 0.2) is 18.2 Å². The van der Waals surface area contributed by atoms with Crippen LogP contribution in [-0.2, 0) is 24.3 Å². The smallest absolute Gasteiger partial charge is 0.257 e. The van der Waals surface area contributed by atoms with Crippen molar-refractivity contribution in [2.45, 2.75) is 38.8 Å². The van der Waals surface area contributed by atoms with E-state index in [2.05, 4.69) is 4.72 Å².